The number of aliphatic hydroxyl groups excluding tert-OH is 1. The predicted octanol–water partition coefficient (Wildman–Crippen LogP) is 5.20. The summed E-state index contributed by atoms with van der Waals surface area (Å²) >= 11 is 0. The second kappa shape index (κ2) is 56.0. The van der Waals surface area contributed by atoms with Gasteiger partial charge in [-0.25, -0.2) is 14.6 Å². The fourth-order valence-electron chi connectivity index (χ4n) is 11.6. The van der Waals surface area contributed by atoms with Gasteiger partial charge >= 0.3 is 23.9 Å². The van der Waals surface area contributed by atoms with Crippen molar-refractivity contribution in [1.29, 1.82) is 0 Å². The zero-order chi connectivity index (χ0) is 77.0. The van der Waals surface area contributed by atoms with Crippen LogP contribution in [0.15, 0.2) is 12.5 Å². The van der Waals surface area contributed by atoms with Crippen LogP contribution in [0.1, 0.15) is 232 Å². The number of rotatable bonds is 69. The number of ketones is 5. The van der Waals surface area contributed by atoms with Gasteiger partial charge < -0.3 is 82.2 Å². The molecule has 1 aromatic heterocycles. The number of aromatic amines is 1. The van der Waals surface area contributed by atoms with Crippen LogP contribution in [-0.4, -0.2) is 208 Å². The minimum absolute atomic E-state index is 0.00821. The molecule has 1 unspecified atom stereocenters. The maximum atomic E-state index is 13.8. The van der Waals surface area contributed by atoms with Gasteiger partial charge in [0.1, 0.15) is 42.6 Å². The van der Waals surface area contributed by atoms with Crippen LogP contribution >= 0.6 is 0 Å². The SMILES string of the molecule is CC(C[C@@H](CCCCNC(=O)CC[C@H](NC(=O)CC[C@H](CC(=O)COCCOCCNC(=O)COCCOCCCC(=O)CC[C@H](NC(=O)CCCCCCCCCCCCCCCCC(=O)O)C(=O)O)C(=O)O)C(=O)O)C(=O)C[C@H](C(N)=O)[C@@H](C)O)C(=O)C(C)(C)CC(=O)[C@@H](N)Cc1cnc[nH]1. The van der Waals surface area contributed by atoms with Crippen molar-refractivity contribution in [2.24, 2.45) is 40.6 Å². The van der Waals surface area contributed by atoms with E-state index in [1.54, 1.807) is 27.0 Å². The molecule has 31 nitrogen and oxygen atoms in total. The Hall–Kier alpha value is -7.45. The fraction of sp³-hybridized carbons (Fsp3) is 0.764. The average molecular weight is 1470 g/mol. The highest BCUT2D eigenvalue weighted by atomic mass is 16.5. The largest absolute Gasteiger partial charge is 0.481 e. The van der Waals surface area contributed by atoms with Crippen molar-refractivity contribution in [3.05, 3.63) is 18.2 Å². The maximum absolute atomic E-state index is 13.8. The molecule has 586 valence electrons. The number of carbonyl (C=O) groups excluding carboxylic acids is 10. The number of ether oxygens (including phenoxy) is 4. The zero-order valence-corrected chi connectivity index (χ0v) is 61.2. The topological polar surface area (TPSA) is 506 Å². The van der Waals surface area contributed by atoms with Crippen LogP contribution in [0.2, 0.25) is 0 Å². The van der Waals surface area contributed by atoms with Gasteiger partial charge in [-0.1, -0.05) is 104 Å². The Balaban J connectivity index is 2.28. The second-order valence-corrected chi connectivity index (χ2v) is 27.4. The Bertz CT molecular complexity index is 2730. The smallest absolute Gasteiger partial charge is 0.326 e. The van der Waals surface area contributed by atoms with Crippen molar-refractivity contribution in [2.45, 2.75) is 257 Å². The number of H-pyrrole nitrogens is 1. The molecule has 0 aliphatic heterocycles. The lowest BCUT2D eigenvalue weighted by molar-refractivity contribution is -0.145. The molecular formula is C72H120N8O23. The van der Waals surface area contributed by atoms with Crippen LogP contribution in [0.25, 0.3) is 0 Å². The number of unbranched alkanes of at least 4 members (excludes halogenated alkanes) is 14. The number of aliphatic carboxylic acids is 4. The summed E-state index contributed by atoms with van der Waals surface area (Å²) in [6, 6.07) is -3.55. The third-order valence-corrected chi connectivity index (χ3v) is 17.7. The molecule has 0 bridgehead atoms. The molecule has 103 heavy (non-hydrogen) atoms. The van der Waals surface area contributed by atoms with Gasteiger partial charge in [-0.05, 0) is 64.7 Å². The van der Waals surface area contributed by atoms with Gasteiger partial charge in [-0.15, -0.1) is 0 Å². The minimum Gasteiger partial charge on any atom is -0.481 e. The first kappa shape index (κ1) is 93.6. The van der Waals surface area contributed by atoms with Crippen LogP contribution in [0.4, 0.5) is 0 Å². The highest BCUT2D eigenvalue weighted by Crippen LogP contribution is 2.32. The standard InChI is InChI=1S/C72H120N8O23/c1-49(67(92)72(3,4)44-61(85)57(73)42-53-45-75-48-78-53)40-51(60(84)43-56(50(2)81)68(74)93)22-19-20-32-76-62(86)31-29-59(71(98)99)80-64(88)30-26-52(69(94)95)41-55(83)46-102-38-37-101-35-33-77-65(89)47-103-39-36-100-34-21-23-54(82)27-28-58(70(96)97)79-63(87)24-17-15-13-11-9-7-5-6-8-10-12-14-16-18-25-66(90)91/h45,48-52,56-59,81H,5-44,46-47,73H2,1-4H3,(H2,74,93)(H,75,78)(H,76,86)(H,77,89)(H,79,87)(H,80,88)(H,90,91)(H,94,95)(H,96,97)(H,98,99)/t49?,50-,51-,52-,56+,57+,58+,59+/m1/s1. The molecule has 31 heteroatoms. The van der Waals surface area contributed by atoms with E-state index in [4.69, 9.17) is 35.5 Å². The number of nitrogens with two attached hydrogens (primary N) is 2. The first-order chi connectivity index (χ1) is 48.9. The summed E-state index contributed by atoms with van der Waals surface area (Å²) in [6.45, 7) is 6.36. The summed E-state index contributed by atoms with van der Waals surface area (Å²) in [4.78, 5) is 181. The van der Waals surface area contributed by atoms with E-state index in [1.807, 2.05) is 0 Å². The number of nitrogens with one attached hydrogen (secondary N) is 5. The third kappa shape index (κ3) is 47.5. The summed E-state index contributed by atoms with van der Waals surface area (Å²) in [7, 11) is 0. The van der Waals surface area contributed by atoms with Gasteiger partial charge in [-0.2, -0.15) is 0 Å². The summed E-state index contributed by atoms with van der Waals surface area (Å²) in [6.07, 6.45) is 16.3. The summed E-state index contributed by atoms with van der Waals surface area (Å²) in [5.74, 6) is -13.4. The number of Topliss-reactive ketones (excluding diaryl/α,β-unsaturated/α-hetero) is 5. The van der Waals surface area contributed by atoms with Crippen LogP contribution < -0.4 is 32.7 Å². The fourth-order valence-corrected chi connectivity index (χ4v) is 11.6. The molecule has 0 aliphatic rings. The number of amides is 5. The molecule has 1 rings (SSSR count). The molecule has 0 aromatic carbocycles. The van der Waals surface area contributed by atoms with Crippen molar-refractivity contribution in [3.8, 4) is 0 Å². The minimum atomic E-state index is -1.51. The lowest BCUT2D eigenvalue weighted by atomic mass is 9.73. The van der Waals surface area contributed by atoms with E-state index in [-0.39, 0.29) is 166 Å². The highest BCUT2D eigenvalue weighted by Gasteiger charge is 2.38. The maximum Gasteiger partial charge on any atom is 0.326 e. The number of carboxylic acid groups (broad SMARTS) is 4. The lowest BCUT2D eigenvalue weighted by Crippen LogP contribution is -2.42. The van der Waals surface area contributed by atoms with Gasteiger partial charge in [0.25, 0.3) is 0 Å². The van der Waals surface area contributed by atoms with Gasteiger partial charge in [-0.3, -0.25) is 57.5 Å². The number of aliphatic hydroxyl groups is 1. The lowest BCUT2D eigenvalue weighted by Gasteiger charge is -2.29. The Kier molecular flexibility index (Phi) is 50.9. The number of hydrogen-bond acceptors (Lipinski definition) is 21. The van der Waals surface area contributed by atoms with Crippen LogP contribution in [0.3, 0.4) is 0 Å². The monoisotopic (exact) mass is 1460 g/mol. The molecule has 0 spiro atoms. The van der Waals surface area contributed by atoms with Crippen molar-refractivity contribution in [2.75, 3.05) is 65.9 Å². The molecule has 0 saturated carbocycles. The molecular weight excluding hydrogens is 1340 g/mol. The summed E-state index contributed by atoms with van der Waals surface area (Å²) in [5, 5.41) is 58.1. The van der Waals surface area contributed by atoms with Crippen molar-refractivity contribution >= 4 is 82.3 Å². The van der Waals surface area contributed by atoms with Crippen LogP contribution in [0.5, 0.6) is 0 Å². The molecule has 5 amide bonds. The second-order valence-electron chi connectivity index (χ2n) is 27.4. The molecule has 14 N–H and O–H groups in total. The number of carbonyl (C=O) groups is 14. The van der Waals surface area contributed by atoms with E-state index in [2.05, 4.69) is 31.2 Å². The first-order valence-electron chi connectivity index (χ1n) is 36.6. The van der Waals surface area contributed by atoms with Crippen molar-refractivity contribution < 1.29 is 112 Å². The highest BCUT2D eigenvalue weighted by molar-refractivity contribution is 5.94. The van der Waals surface area contributed by atoms with Gasteiger partial charge in [0.05, 0.1) is 63.3 Å². The van der Waals surface area contributed by atoms with Crippen LogP contribution in [0, 0.1) is 29.1 Å². The van der Waals surface area contributed by atoms with E-state index in [1.165, 1.54) is 45.4 Å². The number of carboxylic acids is 4. The van der Waals surface area contributed by atoms with E-state index in [0.717, 1.165) is 51.4 Å². The Labute approximate surface area is 605 Å². The van der Waals surface area contributed by atoms with Crippen molar-refractivity contribution in [1.82, 2.24) is 31.2 Å². The zero-order valence-electron chi connectivity index (χ0n) is 61.2. The Morgan fingerprint density at radius 1 is 0.515 bits per heavy atom. The van der Waals surface area contributed by atoms with Gasteiger partial charge in [0, 0.05) is 113 Å². The molecule has 8 atom stereocenters. The molecule has 0 aliphatic carbocycles. The number of nitrogens with zero attached hydrogens (tertiary/aromatic N) is 1. The number of primary amides is 1. The van der Waals surface area contributed by atoms with Gasteiger partial charge in [0.15, 0.2) is 11.6 Å². The van der Waals surface area contributed by atoms with E-state index in [0.29, 0.717) is 31.4 Å². The average Bonchev–Trinajstić information content (AvgIpc) is 1.05. The molecule has 0 fully saturated rings. The van der Waals surface area contributed by atoms with E-state index < -0.39 is 132 Å². The van der Waals surface area contributed by atoms with Crippen LogP contribution in [-0.2, 0) is 92.5 Å². The third-order valence-electron chi connectivity index (χ3n) is 17.7. The summed E-state index contributed by atoms with van der Waals surface area (Å²) < 4.78 is 21.5. The summed E-state index contributed by atoms with van der Waals surface area (Å²) in [5.41, 5.74) is 11.1. The van der Waals surface area contributed by atoms with E-state index in [9.17, 15) is 87.5 Å². The van der Waals surface area contributed by atoms with Crippen molar-refractivity contribution in [3.63, 3.8) is 0 Å². The van der Waals surface area contributed by atoms with E-state index >= 15 is 0 Å². The predicted molar refractivity (Wildman–Crippen MR) is 376 cm³/mol. The first-order valence-corrected chi connectivity index (χ1v) is 36.6. The Morgan fingerprint density at radius 2 is 1.04 bits per heavy atom. The number of aromatic nitrogens is 2. The normalized spacial score (nSPS) is 13.8. The Morgan fingerprint density at radius 3 is 1.58 bits per heavy atom. The molecule has 1 heterocycles. The molecule has 0 saturated heterocycles. The molecule has 0 radical (unpaired) electrons. The van der Waals surface area contributed by atoms with Gasteiger partial charge in [0.2, 0.25) is 29.5 Å². The number of hydrogen-bond donors (Lipinski definition) is 12. The quantitative estimate of drug-likeness (QED) is 0.0373. The molecule has 1 aromatic rings. The number of imidazole rings is 1.